The number of methoxy groups -OCH3 is 1. The van der Waals surface area contributed by atoms with E-state index in [9.17, 15) is 19.2 Å². The van der Waals surface area contributed by atoms with Crippen molar-refractivity contribution in [3.63, 3.8) is 0 Å². The van der Waals surface area contributed by atoms with Gasteiger partial charge in [-0.05, 0) is 75.3 Å². The van der Waals surface area contributed by atoms with E-state index in [1.54, 1.807) is 20.8 Å². The first-order valence-corrected chi connectivity index (χ1v) is 14.0. The van der Waals surface area contributed by atoms with Crippen molar-refractivity contribution < 1.29 is 33.4 Å². The lowest BCUT2D eigenvalue weighted by Gasteiger charge is -2.25. The van der Waals surface area contributed by atoms with Crippen LogP contribution in [0.1, 0.15) is 69.9 Å². The number of hydrogen-bond acceptors (Lipinski definition) is 8. The summed E-state index contributed by atoms with van der Waals surface area (Å²) >= 11 is 0. The number of benzene rings is 2. The van der Waals surface area contributed by atoms with Crippen LogP contribution >= 0.6 is 0 Å². The van der Waals surface area contributed by atoms with Crippen molar-refractivity contribution in [3.8, 4) is 11.1 Å². The number of ether oxygens (including phenoxy) is 3. The van der Waals surface area contributed by atoms with Gasteiger partial charge in [-0.3, -0.25) is 4.79 Å². The summed E-state index contributed by atoms with van der Waals surface area (Å²) in [4.78, 5) is 50.6. The Morgan fingerprint density at radius 2 is 1.44 bits per heavy atom. The van der Waals surface area contributed by atoms with Gasteiger partial charge in [-0.25, -0.2) is 14.4 Å². The summed E-state index contributed by atoms with van der Waals surface area (Å²) in [5.74, 6) is -1.86. The largest absolute Gasteiger partial charge is 0.467 e. The summed E-state index contributed by atoms with van der Waals surface area (Å²) in [5, 5.41) is 5.23. The fourth-order valence-electron chi connectivity index (χ4n) is 4.83. The Bertz CT molecular complexity index is 1180. The fourth-order valence-corrected chi connectivity index (χ4v) is 4.83. The number of nitrogens with two attached hydrogens (primary N) is 1. The zero-order valence-electron chi connectivity index (χ0n) is 24.2. The van der Waals surface area contributed by atoms with Crippen molar-refractivity contribution in [2.75, 3.05) is 20.3 Å². The van der Waals surface area contributed by atoms with Crippen molar-refractivity contribution in [1.29, 1.82) is 0 Å². The molecule has 2 unspecified atom stereocenters. The molecular formula is C31H41N3O7. The minimum Gasteiger partial charge on any atom is -0.467 e. The summed E-state index contributed by atoms with van der Waals surface area (Å²) in [6.45, 7) is 5.69. The molecule has 2 atom stereocenters. The van der Waals surface area contributed by atoms with Crippen LogP contribution in [0.4, 0.5) is 4.79 Å². The Balaban J connectivity index is 1.63. The molecule has 41 heavy (non-hydrogen) atoms. The second-order valence-electron chi connectivity index (χ2n) is 11.0. The number of fused-ring (bicyclic) bond motifs is 3. The second kappa shape index (κ2) is 14.6. The third-order valence-corrected chi connectivity index (χ3v) is 6.75. The van der Waals surface area contributed by atoms with Crippen molar-refractivity contribution in [1.82, 2.24) is 10.6 Å². The number of carbonyl (C=O) groups excluding carboxylic acids is 4. The number of unbranched alkanes of at least 4 members (excludes halogenated alkanes) is 1. The van der Waals surface area contributed by atoms with Crippen LogP contribution in [0.25, 0.3) is 11.1 Å². The van der Waals surface area contributed by atoms with Gasteiger partial charge < -0.3 is 30.6 Å². The average Bonchev–Trinajstić information content (AvgIpc) is 3.25. The maximum atomic E-state index is 12.9. The monoisotopic (exact) mass is 567 g/mol. The first-order valence-electron chi connectivity index (χ1n) is 14.0. The van der Waals surface area contributed by atoms with Gasteiger partial charge in [0.05, 0.1) is 7.11 Å². The average molecular weight is 568 g/mol. The molecule has 0 heterocycles. The maximum absolute atomic E-state index is 12.9. The normalized spacial score (nSPS) is 13.8. The third kappa shape index (κ3) is 9.04. The lowest BCUT2D eigenvalue weighted by Crippen LogP contribution is -2.46. The van der Waals surface area contributed by atoms with Crippen molar-refractivity contribution >= 4 is 23.9 Å². The maximum Gasteiger partial charge on any atom is 0.407 e. The van der Waals surface area contributed by atoms with Crippen LogP contribution in [-0.4, -0.2) is 61.9 Å². The smallest absolute Gasteiger partial charge is 0.407 e. The summed E-state index contributed by atoms with van der Waals surface area (Å²) in [7, 11) is 1.25. The number of hydrogen-bond donors (Lipinski definition) is 3. The van der Waals surface area contributed by atoms with Gasteiger partial charge in [0.25, 0.3) is 0 Å². The highest BCUT2D eigenvalue weighted by Crippen LogP contribution is 2.44. The lowest BCUT2D eigenvalue weighted by molar-refractivity contribution is -0.157. The number of esters is 2. The summed E-state index contributed by atoms with van der Waals surface area (Å²) < 4.78 is 15.9. The van der Waals surface area contributed by atoms with E-state index in [0.29, 0.717) is 25.8 Å². The van der Waals surface area contributed by atoms with Gasteiger partial charge in [0.15, 0.2) is 0 Å². The Morgan fingerprint density at radius 1 is 0.854 bits per heavy atom. The number of nitrogens with one attached hydrogen (secondary N) is 2. The predicted molar refractivity (Wildman–Crippen MR) is 154 cm³/mol. The highest BCUT2D eigenvalue weighted by Gasteiger charge is 2.31. The SMILES string of the molecule is COC(=O)C(CCCCN)NC(=O)CCC(NC(=O)OCC1c2ccccc2-c2ccccc21)C(=O)OC(C)(C)C. The van der Waals surface area contributed by atoms with Crippen LogP contribution in [0.15, 0.2) is 48.5 Å². The van der Waals surface area contributed by atoms with Gasteiger partial charge >= 0.3 is 18.0 Å². The van der Waals surface area contributed by atoms with Gasteiger partial charge in [0.2, 0.25) is 5.91 Å². The molecule has 0 fully saturated rings. The first kappa shape index (κ1) is 31.6. The van der Waals surface area contributed by atoms with Gasteiger partial charge in [-0.15, -0.1) is 0 Å². The van der Waals surface area contributed by atoms with Gasteiger partial charge in [-0.1, -0.05) is 48.5 Å². The molecule has 1 aliphatic rings. The summed E-state index contributed by atoms with van der Waals surface area (Å²) in [5.41, 5.74) is 9.05. The van der Waals surface area contributed by atoms with E-state index in [1.165, 1.54) is 7.11 Å². The Labute approximate surface area is 241 Å². The van der Waals surface area contributed by atoms with Crippen LogP contribution in [-0.2, 0) is 28.6 Å². The Kier molecular flexibility index (Phi) is 11.3. The van der Waals surface area contributed by atoms with Crippen molar-refractivity contribution in [3.05, 3.63) is 59.7 Å². The molecule has 0 aliphatic heterocycles. The van der Waals surface area contributed by atoms with Gasteiger partial charge in [-0.2, -0.15) is 0 Å². The lowest BCUT2D eigenvalue weighted by atomic mass is 9.98. The Hall–Kier alpha value is -3.92. The quantitative estimate of drug-likeness (QED) is 0.188. The molecule has 2 amide bonds. The summed E-state index contributed by atoms with van der Waals surface area (Å²) in [6, 6.07) is 14.0. The van der Waals surface area contributed by atoms with E-state index in [-0.39, 0.29) is 25.4 Å². The Morgan fingerprint density at radius 3 is 2.00 bits per heavy atom. The molecule has 10 nitrogen and oxygen atoms in total. The molecule has 10 heteroatoms. The molecule has 1 aliphatic carbocycles. The molecule has 3 rings (SSSR count). The van der Waals surface area contributed by atoms with Crippen molar-refractivity contribution in [2.45, 2.75) is 76.5 Å². The third-order valence-electron chi connectivity index (χ3n) is 6.75. The van der Waals surface area contributed by atoms with E-state index >= 15 is 0 Å². The predicted octanol–water partition coefficient (Wildman–Crippen LogP) is 3.80. The molecule has 0 radical (unpaired) electrons. The number of carbonyl (C=O) groups is 4. The molecular weight excluding hydrogens is 526 g/mol. The highest BCUT2D eigenvalue weighted by atomic mass is 16.6. The number of rotatable bonds is 13. The van der Waals surface area contributed by atoms with Crippen molar-refractivity contribution in [2.24, 2.45) is 5.73 Å². The van der Waals surface area contributed by atoms with Crippen LogP contribution < -0.4 is 16.4 Å². The van der Waals surface area contributed by atoms with Crippen LogP contribution in [0.3, 0.4) is 0 Å². The van der Waals surface area contributed by atoms with Gasteiger partial charge in [0.1, 0.15) is 24.3 Å². The fraction of sp³-hybridized carbons (Fsp3) is 0.484. The summed E-state index contributed by atoms with van der Waals surface area (Å²) in [6.07, 6.45) is 0.731. The van der Waals surface area contributed by atoms with E-state index < -0.39 is 41.6 Å². The molecule has 4 N–H and O–H groups in total. The number of amides is 2. The van der Waals surface area contributed by atoms with Crippen LogP contribution in [0, 0.1) is 0 Å². The van der Waals surface area contributed by atoms with E-state index in [2.05, 4.69) is 10.6 Å². The zero-order chi connectivity index (χ0) is 30.0. The number of alkyl carbamates (subject to hydrolysis) is 1. The minimum absolute atomic E-state index is 0.0539. The standard InChI is InChI=1S/C31H41N3O7/c1-31(2,3)41-29(37)26(16-17-27(35)33-25(28(36)39-4)15-9-10-18-32)34-30(38)40-19-24-22-13-7-5-11-20(22)21-12-6-8-14-23(21)24/h5-8,11-14,24-26H,9-10,15-19,32H2,1-4H3,(H,33,35)(H,34,38). The molecule has 2 aromatic carbocycles. The molecule has 0 saturated carbocycles. The molecule has 222 valence electrons. The van der Waals surface area contributed by atoms with E-state index in [4.69, 9.17) is 19.9 Å². The van der Waals surface area contributed by atoms with E-state index in [0.717, 1.165) is 22.3 Å². The zero-order valence-corrected chi connectivity index (χ0v) is 24.2. The van der Waals surface area contributed by atoms with E-state index in [1.807, 2.05) is 48.5 Å². The molecule has 0 saturated heterocycles. The highest BCUT2D eigenvalue weighted by molar-refractivity contribution is 5.86. The molecule has 2 aromatic rings. The van der Waals surface area contributed by atoms with Gasteiger partial charge in [0, 0.05) is 12.3 Å². The van der Waals surface area contributed by atoms with Crippen LogP contribution in [0.5, 0.6) is 0 Å². The second-order valence-corrected chi connectivity index (χ2v) is 11.0. The molecule has 0 bridgehead atoms. The molecule has 0 aromatic heterocycles. The minimum atomic E-state index is -1.13. The topological polar surface area (TPSA) is 146 Å². The molecule has 0 spiro atoms. The first-order chi connectivity index (χ1) is 19.5. The van der Waals surface area contributed by atoms with Crippen LogP contribution in [0.2, 0.25) is 0 Å².